The smallest absolute Gasteiger partial charge is 0.0724 e. The molecule has 3 aromatic carbocycles. The van der Waals surface area contributed by atoms with Crippen molar-refractivity contribution in [3.63, 3.8) is 0 Å². The normalized spacial score (nSPS) is 12.3. The van der Waals surface area contributed by atoms with Gasteiger partial charge in [0.15, 0.2) is 0 Å². The van der Waals surface area contributed by atoms with E-state index in [0.717, 1.165) is 35.0 Å². The van der Waals surface area contributed by atoms with Crippen molar-refractivity contribution in [1.82, 2.24) is 4.98 Å². The van der Waals surface area contributed by atoms with Crippen LogP contribution in [0.1, 0.15) is 54.1 Å². The first-order valence-electron chi connectivity index (χ1n) is 11.1. The Kier molecular flexibility index (Phi) is 6.87. The van der Waals surface area contributed by atoms with Crippen LogP contribution < -0.4 is 0 Å². The van der Waals surface area contributed by atoms with Gasteiger partial charge in [0.05, 0.1) is 11.2 Å². The van der Waals surface area contributed by atoms with E-state index < -0.39 is 0 Å². The van der Waals surface area contributed by atoms with E-state index in [1.807, 2.05) is 24.3 Å². The minimum Gasteiger partial charge on any atom is -0.248 e. The summed E-state index contributed by atoms with van der Waals surface area (Å²) in [7, 11) is 0. The highest BCUT2D eigenvalue weighted by Gasteiger charge is 2.09. The van der Waals surface area contributed by atoms with Crippen molar-refractivity contribution < 1.29 is 0 Å². The number of halogens is 1. The van der Waals surface area contributed by atoms with Gasteiger partial charge in [0.25, 0.3) is 0 Å². The zero-order valence-corrected chi connectivity index (χ0v) is 19.4. The molecule has 0 radical (unpaired) electrons. The summed E-state index contributed by atoms with van der Waals surface area (Å²) in [6.07, 6.45) is 6.34. The van der Waals surface area contributed by atoms with Crippen LogP contribution in [0.3, 0.4) is 0 Å². The van der Waals surface area contributed by atoms with E-state index in [1.165, 1.54) is 22.3 Å². The molecule has 0 saturated carbocycles. The third-order valence-electron chi connectivity index (χ3n) is 5.93. The molecule has 0 spiro atoms. The second-order valence-corrected chi connectivity index (χ2v) is 8.89. The van der Waals surface area contributed by atoms with Gasteiger partial charge in [0, 0.05) is 10.4 Å². The number of benzene rings is 3. The molecule has 0 aliphatic heterocycles. The number of aromatic nitrogens is 1. The largest absolute Gasteiger partial charge is 0.248 e. The Hall–Kier alpha value is -3.16. The molecular formula is C30H28ClN. The summed E-state index contributed by atoms with van der Waals surface area (Å²) in [6.45, 7) is 8.52. The van der Waals surface area contributed by atoms with Crippen LogP contribution in [0.4, 0.5) is 0 Å². The van der Waals surface area contributed by atoms with Crippen LogP contribution in [0, 0.1) is 0 Å². The highest BCUT2D eigenvalue weighted by atomic mass is 35.5. The number of allylic oxidation sites excluding steroid dienone is 1. The standard InChI is InChI=1S/C30H28ClN/c1-21(2)29-10-5-4-8-24(29)13-11-22(3)26-9-6-7-23(19-26)12-17-28-18-15-25-14-16-27(31)20-30(25)32-28/h4-10,12,14-20,22H,1,11,13H2,2-3H3. The van der Waals surface area contributed by atoms with Gasteiger partial charge in [-0.2, -0.15) is 0 Å². The Morgan fingerprint density at radius 1 is 0.969 bits per heavy atom. The van der Waals surface area contributed by atoms with Crippen LogP contribution in [-0.2, 0) is 6.42 Å². The first-order valence-corrected chi connectivity index (χ1v) is 11.5. The van der Waals surface area contributed by atoms with E-state index in [9.17, 15) is 0 Å². The lowest BCUT2D eigenvalue weighted by molar-refractivity contribution is 0.679. The van der Waals surface area contributed by atoms with Gasteiger partial charge < -0.3 is 0 Å². The molecule has 0 saturated heterocycles. The molecule has 1 atom stereocenters. The fourth-order valence-corrected chi connectivity index (χ4v) is 4.21. The molecule has 160 valence electrons. The van der Waals surface area contributed by atoms with E-state index >= 15 is 0 Å². The predicted molar refractivity (Wildman–Crippen MR) is 140 cm³/mol. The van der Waals surface area contributed by atoms with Crippen LogP contribution in [0.2, 0.25) is 5.02 Å². The SMILES string of the molecule is C=C(C)c1ccccc1CCC(C)c1cccc(C=Cc2ccc3ccc(Cl)cc3n2)c1. The second kappa shape index (κ2) is 9.97. The van der Waals surface area contributed by atoms with Crippen LogP contribution in [0.5, 0.6) is 0 Å². The summed E-state index contributed by atoms with van der Waals surface area (Å²) in [5.74, 6) is 0.475. The van der Waals surface area contributed by atoms with Crippen molar-refractivity contribution in [2.45, 2.75) is 32.6 Å². The fourth-order valence-electron chi connectivity index (χ4n) is 4.04. The van der Waals surface area contributed by atoms with Gasteiger partial charge in [-0.3, -0.25) is 0 Å². The topological polar surface area (TPSA) is 12.9 Å². The molecule has 1 heterocycles. The summed E-state index contributed by atoms with van der Waals surface area (Å²) in [6, 6.07) is 27.3. The van der Waals surface area contributed by atoms with Crippen LogP contribution >= 0.6 is 11.6 Å². The number of aryl methyl sites for hydroxylation is 1. The molecular weight excluding hydrogens is 410 g/mol. The molecule has 1 aromatic heterocycles. The lowest BCUT2D eigenvalue weighted by Crippen LogP contribution is -1.99. The lowest BCUT2D eigenvalue weighted by atomic mass is 9.90. The van der Waals surface area contributed by atoms with E-state index in [-0.39, 0.29) is 0 Å². The van der Waals surface area contributed by atoms with Crippen LogP contribution in [-0.4, -0.2) is 4.98 Å². The first-order chi connectivity index (χ1) is 15.5. The Labute approximate surface area is 196 Å². The van der Waals surface area contributed by atoms with E-state index in [0.29, 0.717) is 10.9 Å². The number of rotatable bonds is 7. The van der Waals surface area contributed by atoms with E-state index in [2.05, 4.69) is 87.2 Å². The summed E-state index contributed by atoms with van der Waals surface area (Å²) >= 11 is 6.12. The lowest BCUT2D eigenvalue weighted by Gasteiger charge is -2.15. The van der Waals surface area contributed by atoms with Gasteiger partial charge in [-0.1, -0.05) is 97.4 Å². The molecule has 0 aliphatic rings. The van der Waals surface area contributed by atoms with Crippen molar-refractivity contribution >= 4 is 40.2 Å². The van der Waals surface area contributed by atoms with Crippen LogP contribution in [0.15, 0.2) is 85.4 Å². The first kappa shape index (κ1) is 22.0. The monoisotopic (exact) mass is 437 g/mol. The molecule has 4 aromatic rings. The quantitative estimate of drug-likeness (QED) is 0.281. The third-order valence-corrected chi connectivity index (χ3v) is 6.16. The molecule has 1 nitrogen and oxygen atoms in total. The number of hydrogen-bond donors (Lipinski definition) is 0. The molecule has 2 heteroatoms. The Morgan fingerprint density at radius 3 is 2.62 bits per heavy atom. The van der Waals surface area contributed by atoms with Crippen molar-refractivity contribution in [2.75, 3.05) is 0 Å². The van der Waals surface area contributed by atoms with Crippen LogP contribution in [0.25, 0.3) is 28.6 Å². The van der Waals surface area contributed by atoms with Gasteiger partial charge in [0.2, 0.25) is 0 Å². The summed E-state index contributed by atoms with van der Waals surface area (Å²) in [4.78, 5) is 4.72. The molecule has 4 rings (SSSR count). The maximum absolute atomic E-state index is 6.12. The summed E-state index contributed by atoms with van der Waals surface area (Å²) in [5.41, 5.74) is 8.17. The Morgan fingerprint density at radius 2 is 1.78 bits per heavy atom. The zero-order chi connectivity index (χ0) is 22.5. The Bertz CT molecular complexity index is 1290. The van der Waals surface area contributed by atoms with Crippen molar-refractivity contribution in [1.29, 1.82) is 0 Å². The molecule has 1 unspecified atom stereocenters. The predicted octanol–water partition coefficient (Wildman–Crippen LogP) is 8.83. The van der Waals surface area contributed by atoms with Gasteiger partial charge in [-0.25, -0.2) is 4.98 Å². The minimum absolute atomic E-state index is 0.475. The summed E-state index contributed by atoms with van der Waals surface area (Å²) < 4.78 is 0. The second-order valence-electron chi connectivity index (χ2n) is 8.45. The number of fused-ring (bicyclic) bond motifs is 1. The molecule has 0 N–H and O–H groups in total. The van der Waals surface area contributed by atoms with Gasteiger partial charge >= 0.3 is 0 Å². The molecule has 32 heavy (non-hydrogen) atoms. The maximum atomic E-state index is 6.12. The number of hydrogen-bond acceptors (Lipinski definition) is 1. The van der Waals surface area contributed by atoms with Crippen molar-refractivity contribution in [3.05, 3.63) is 118 Å². The highest BCUT2D eigenvalue weighted by molar-refractivity contribution is 6.31. The zero-order valence-electron chi connectivity index (χ0n) is 18.7. The van der Waals surface area contributed by atoms with Crippen molar-refractivity contribution in [2.24, 2.45) is 0 Å². The molecule has 0 bridgehead atoms. The highest BCUT2D eigenvalue weighted by Crippen LogP contribution is 2.26. The molecule has 0 fully saturated rings. The van der Waals surface area contributed by atoms with Gasteiger partial charge in [0.1, 0.15) is 0 Å². The summed E-state index contributed by atoms with van der Waals surface area (Å²) in [5, 5.41) is 1.80. The molecule has 0 amide bonds. The average Bonchev–Trinajstić information content (AvgIpc) is 2.81. The van der Waals surface area contributed by atoms with E-state index in [4.69, 9.17) is 16.6 Å². The van der Waals surface area contributed by atoms with Crippen molar-refractivity contribution in [3.8, 4) is 0 Å². The van der Waals surface area contributed by atoms with Gasteiger partial charge in [-0.15, -0.1) is 0 Å². The fraction of sp³-hybridized carbons (Fsp3) is 0.167. The Balaban J connectivity index is 1.47. The number of nitrogens with zero attached hydrogens (tertiary/aromatic N) is 1. The maximum Gasteiger partial charge on any atom is 0.0724 e. The number of pyridine rings is 1. The average molecular weight is 438 g/mol. The third kappa shape index (κ3) is 5.36. The minimum atomic E-state index is 0.475. The molecule has 0 aliphatic carbocycles. The van der Waals surface area contributed by atoms with E-state index in [1.54, 1.807) is 0 Å². The van der Waals surface area contributed by atoms with Gasteiger partial charge in [-0.05, 0) is 72.2 Å².